The summed E-state index contributed by atoms with van der Waals surface area (Å²) in [6.45, 7) is 0. The average molecular weight is 394 g/mol. The molecule has 0 saturated heterocycles. The van der Waals surface area contributed by atoms with Crippen molar-refractivity contribution in [2.45, 2.75) is 0 Å². The summed E-state index contributed by atoms with van der Waals surface area (Å²) in [4.78, 5) is 0. The van der Waals surface area contributed by atoms with Gasteiger partial charge in [-0.15, -0.1) is 0 Å². The van der Waals surface area contributed by atoms with Crippen molar-refractivity contribution in [2.24, 2.45) is 0 Å². The highest BCUT2D eigenvalue weighted by atomic mass is 79.9. The van der Waals surface area contributed by atoms with E-state index in [0.29, 0.717) is 26.6 Å². The monoisotopic (exact) mass is 392 g/mol. The van der Waals surface area contributed by atoms with Crippen molar-refractivity contribution >= 4 is 60.5 Å². The summed E-state index contributed by atoms with van der Waals surface area (Å²) in [6.07, 6.45) is 0. The van der Waals surface area contributed by atoms with Gasteiger partial charge in [-0.25, -0.2) is 4.39 Å². The molecule has 0 aliphatic rings. The molecule has 0 saturated carbocycles. The number of hydrogen-bond acceptors (Lipinski definition) is 2. The molecule has 3 N–H and O–H groups in total. The number of rotatable bonds is 2. The zero-order valence-electron chi connectivity index (χ0n) is 8.98. The molecule has 2 rings (SSSR count). The highest BCUT2D eigenvalue weighted by Crippen LogP contribution is 2.32. The summed E-state index contributed by atoms with van der Waals surface area (Å²) in [6, 6.07) is 8.18. The van der Waals surface area contributed by atoms with Gasteiger partial charge < -0.3 is 11.1 Å². The molecular weight excluding hydrogens is 386 g/mol. The summed E-state index contributed by atoms with van der Waals surface area (Å²) in [5, 5.41) is 3.52. The maximum absolute atomic E-state index is 13.4. The Balaban J connectivity index is 2.37. The molecule has 2 nitrogen and oxygen atoms in total. The molecule has 2 aromatic carbocycles. The molecule has 0 unspecified atom stereocenters. The molecule has 94 valence electrons. The normalized spacial score (nSPS) is 10.4. The van der Waals surface area contributed by atoms with Crippen molar-refractivity contribution in [3.8, 4) is 0 Å². The third-order valence-electron chi connectivity index (χ3n) is 2.29. The molecule has 0 aliphatic heterocycles. The Kier molecular flexibility index (Phi) is 4.14. The fourth-order valence-corrected chi connectivity index (χ4v) is 2.49. The second-order valence-electron chi connectivity index (χ2n) is 3.60. The minimum atomic E-state index is -0.389. The van der Waals surface area contributed by atoms with Gasteiger partial charge in [0.2, 0.25) is 0 Å². The lowest BCUT2D eigenvalue weighted by molar-refractivity contribution is 0.622. The van der Waals surface area contributed by atoms with Crippen LogP contribution in [0.3, 0.4) is 0 Å². The van der Waals surface area contributed by atoms with E-state index < -0.39 is 0 Å². The van der Waals surface area contributed by atoms with Gasteiger partial charge in [0.05, 0.1) is 26.6 Å². The van der Waals surface area contributed by atoms with E-state index >= 15 is 0 Å². The molecule has 0 aromatic heterocycles. The Morgan fingerprint density at radius 1 is 1.11 bits per heavy atom. The largest absolute Gasteiger partial charge is 0.397 e. The van der Waals surface area contributed by atoms with E-state index in [1.54, 1.807) is 12.1 Å². The van der Waals surface area contributed by atoms with Gasteiger partial charge in [-0.1, -0.05) is 27.5 Å². The molecule has 0 aliphatic carbocycles. The third kappa shape index (κ3) is 2.96. The zero-order chi connectivity index (χ0) is 13.3. The average Bonchev–Trinajstić information content (AvgIpc) is 2.29. The molecule has 18 heavy (non-hydrogen) atoms. The van der Waals surface area contributed by atoms with E-state index in [0.717, 1.165) is 4.47 Å². The number of hydrogen-bond donors (Lipinski definition) is 2. The summed E-state index contributed by atoms with van der Waals surface area (Å²) >= 11 is 12.5. The summed E-state index contributed by atoms with van der Waals surface area (Å²) in [5.41, 5.74) is 7.37. The van der Waals surface area contributed by atoms with Crippen LogP contribution in [0.15, 0.2) is 39.3 Å². The molecular formula is C12H8Br2ClFN2. The predicted octanol–water partition coefficient (Wildman–Crippen LogP) is 5.33. The van der Waals surface area contributed by atoms with Gasteiger partial charge in [-0.05, 0) is 40.2 Å². The molecule has 0 bridgehead atoms. The van der Waals surface area contributed by atoms with Crippen molar-refractivity contribution in [3.63, 3.8) is 0 Å². The Morgan fingerprint density at radius 2 is 1.83 bits per heavy atom. The van der Waals surface area contributed by atoms with E-state index in [1.165, 1.54) is 12.1 Å². The molecule has 2 aromatic rings. The van der Waals surface area contributed by atoms with Gasteiger partial charge in [0, 0.05) is 10.5 Å². The van der Waals surface area contributed by atoms with E-state index in [2.05, 4.69) is 37.2 Å². The van der Waals surface area contributed by atoms with Crippen LogP contribution < -0.4 is 11.1 Å². The highest BCUT2D eigenvalue weighted by Gasteiger charge is 2.08. The second-order valence-corrected chi connectivity index (χ2v) is 5.78. The molecule has 0 radical (unpaired) electrons. The van der Waals surface area contributed by atoms with Crippen LogP contribution in [0, 0.1) is 5.82 Å². The SMILES string of the molecule is Nc1cc(Br)c(F)cc1Nc1ccc(Br)cc1Cl. The van der Waals surface area contributed by atoms with Crippen molar-refractivity contribution < 1.29 is 4.39 Å². The smallest absolute Gasteiger partial charge is 0.139 e. The molecule has 0 spiro atoms. The number of nitrogen functional groups attached to an aromatic ring is 1. The van der Waals surface area contributed by atoms with Crippen LogP contribution in [0.5, 0.6) is 0 Å². The Bertz CT molecular complexity index is 605. The molecule has 0 fully saturated rings. The fraction of sp³-hybridized carbons (Fsp3) is 0. The first-order valence-electron chi connectivity index (χ1n) is 4.94. The van der Waals surface area contributed by atoms with Crippen molar-refractivity contribution in [1.29, 1.82) is 0 Å². The van der Waals surface area contributed by atoms with Gasteiger partial charge in [-0.3, -0.25) is 0 Å². The van der Waals surface area contributed by atoms with Gasteiger partial charge in [-0.2, -0.15) is 0 Å². The van der Waals surface area contributed by atoms with Gasteiger partial charge in [0.15, 0.2) is 0 Å². The number of anilines is 3. The van der Waals surface area contributed by atoms with Crippen molar-refractivity contribution in [2.75, 3.05) is 11.1 Å². The van der Waals surface area contributed by atoms with E-state index in [9.17, 15) is 4.39 Å². The number of benzene rings is 2. The summed E-state index contributed by atoms with van der Waals surface area (Å²) < 4.78 is 14.6. The number of nitrogens with two attached hydrogens (primary N) is 1. The Morgan fingerprint density at radius 3 is 2.50 bits per heavy atom. The minimum absolute atomic E-state index is 0.326. The molecule has 0 heterocycles. The second kappa shape index (κ2) is 5.47. The first kappa shape index (κ1) is 13.6. The van der Waals surface area contributed by atoms with Crippen molar-refractivity contribution in [3.05, 3.63) is 50.1 Å². The minimum Gasteiger partial charge on any atom is -0.397 e. The summed E-state index contributed by atoms with van der Waals surface area (Å²) in [5.74, 6) is -0.389. The first-order chi connectivity index (χ1) is 8.47. The topological polar surface area (TPSA) is 38.0 Å². The zero-order valence-corrected chi connectivity index (χ0v) is 12.9. The molecule has 0 amide bonds. The lowest BCUT2D eigenvalue weighted by Gasteiger charge is -2.12. The van der Waals surface area contributed by atoms with E-state index in [4.69, 9.17) is 17.3 Å². The van der Waals surface area contributed by atoms with E-state index in [1.807, 2.05) is 6.07 Å². The predicted molar refractivity (Wildman–Crippen MR) is 80.9 cm³/mol. The van der Waals surface area contributed by atoms with Gasteiger partial charge in [0.25, 0.3) is 0 Å². The fourth-order valence-electron chi connectivity index (χ4n) is 1.41. The maximum Gasteiger partial charge on any atom is 0.139 e. The van der Waals surface area contributed by atoms with Crippen LogP contribution in [0.4, 0.5) is 21.5 Å². The highest BCUT2D eigenvalue weighted by molar-refractivity contribution is 9.10. The van der Waals surface area contributed by atoms with Crippen LogP contribution >= 0.6 is 43.5 Å². The lowest BCUT2D eigenvalue weighted by Crippen LogP contribution is -1.98. The van der Waals surface area contributed by atoms with Gasteiger partial charge in [0.1, 0.15) is 5.82 Å². The van der Waals surface area contributed by atoms with Crippen LogP contribution in [0.25, 0.3) is 0 Å². The Labute approximate surface area is 126 Å². The molecule has 0 atom stereocenters. The standard InChI is InChI=1S/C12H8Br2ClFN2/c13-6-1-2-11(8(15)3-6)18-12-5-9(16)7(14)4-10(12)17/h1-5,18H,17H2. The number of nitrogens with one attached hydrogen (secondary N) is 1. The van der Waals surface area contributed by atoms with Crippen LogP contribution in [0.2, 0.25) is 5.02 Å². The lowest BCUT2D eigenvalue weighted by atomic mass is 10.2. The van der Waals surface area contributed by atoms with E-state index in [-0.39, 0.29) is 5.82 Å². The maximum atomic E-state index is 13.4. The quantitative estimate of drug-likeness (QED) is 0.676. The van der Waals surface area contributed by atoms with Crippen LogP contribution in [-0.4, -0.2) is 0 Å². The number of halogens is 4. The third-order valence-corrected chi connectivity index (χ3v) is 3.71. The van der Waals surface area contributed by atoms with Crippen LogP contribution in [-0.2, 0) is 0 Å². The Hall–Kier alpha value is -0.780. The first-order valence-corrected chi connectivity index (χ1v) is 6.90. The summed E-state index contributed by atoms with van der Waals surface area (Å²) in [7, 11) is 0. The molecule has 6 heteroatoms. The van der Waals surface area contributed by atoms with Gasteiger partial charge >= 0.3 is 0 Å². The van der Waals surface area contributed by atoms with Crippen molar-refractivity contribution in [1.82, 2.24) is 0 Å². The van der Waals surface area contributed by atoms with Crippen LogP contribution in [0.1, 0.15) is 0 Å².